The molecule has 0 fully saturated rings. The third-order valence-corrected chi connectivity index (χ3v) is 3.34. The van der Waals surface area contributed by atoms with Crippen LogP contribution in [-0.2, 0) is 9.59 Å². The lowest BCUT2D eigenvalue weighted by Crippen LogP contribution is -2.29. The highest BCUT2D eigenvalue weighted by Crippen LogP contribution is 2.15. The molecule has 0 bridgehead atoms. The van der Waals surface area contributed by atoms with Crippen molar-refractivity contribution in [2.24, 2.45) is 5.92 Å². The summed E-state index contributed by atoms with van der Waals surface area (Å²) in [6.45, 7) is 6.62. The minimum absolute atomic E-state index is 0.110. The third kappa shape index (κ3) is 6.40. The molecule has 118 valence electrons. The van der Waals surface area contributed by atoms with Gasteiger partial charge in [0.1, 0.15) is 0 Å². The average Bonchev–Trinajstić information content (AvgIpc) is 2.73. The van der Waals surface area contributed by atoms with Crippen LogP contribution in [0.1, 0.15) is 37.6 Å². The van der Waals surface area contributed by atoms with Gasteiger partial charge in [0.25, 0.3) is 0 Å². The topological polar surface area (TPSA) is 107 Å². The first kappa shape index (κ1) is 17.2. The molecule has 0 spiro atoms. The molecule has 21 heavy (non-hydrogen) atoms. The predicted molar refractivity (Wildman–Crippen MR) is 80.2 cm³/mol. The maximum absolute atomic E-state index is 11.8. The Morgan fingerprint density at radius 2 is 2.05 bits per heavy atom. The van der Waals surface area contributed by atoms with E-state index in [0.717, 1.165) is 23.5 Å². The molecule has 1 atom stereocenters. The molecule has 7 nitrogen and oxygen atoms in total. The number of H-pyrrole nitrogens is 1. The van der Waals surface area contributed by atoms with Gasteiger partial charge >= 0.3 is 5.97 Å². The van der Waals surface area contributed by atoms with Crippen molar-refractivity contribution in [3.05, 3.63) is 11.4 Å². The molecule has 0 aliphatic carbocycles. The number of hydrogen-bond acceptors (Lipinski definition) is 4. The maximum Gasteiger partial charge on any atom is 0.303 e. The number of nitrogens with one attached hydrogen (secondary N) is 3. The maximum atomic E-state index is 11.8. The number of aliphatic carboxylic acids is 1. The van der Waals surface area contributed by atoms with E-state index < -0.39 is 5.97 Å². The fraction of sp³-hybridized carbons (Fsp3) is 0.643. The van der Waals surface area contributed by atoms with Gasteiger partial charge in [-0.3, -0.25) is 14.7 Å². The second-order valence-corrected chi connectivity index (χ2v) is 5.36. The van der Waals surface area contributed by atoms with Gasteiger partial charge in [-0.2, -0.15) is 5.10 Å². The molecule has 4 N–H and O–H groups in total. The average molecular weight is 296 g/mol. The van der Waals surface area contributed by atoms with Crippen molar-refractivity contribution in [3.63, 3.8) is 0 Å². The standard InChI is InChI=1S/C14H24N4O3/c1-9(4-5-13(20)21)6-7-15-8-12(19)16-14-10(2)17-18-11(14)3/h9,15H,4-8H2,1-3H3,(H,16,19)(H,17,18)(H,20,21). The first-order chi connectivity index (χ1) is 9.90. The van der Waals surface area contributed by atoms with Gasteiger partial charge in [0, 0.05) is 6.42 Å². The SMILES string of the molecule is Cc1n[nH]c(C)c1NC(=O)CNCCC(C)CCC(=O)O. The van der Waals surface area contributed by atoms with Crippen molar-refractivity contribution in [1.29, 1.82) is 0 Å². The summed E-state index contributed by atoms with van der Waals surface area (Å²) in [6, 6.07) is 0. The quantitative estimate of drug-likeness (QED) is 0.516. The number of aromatic nitrogens is 2. The molecule has 7 heteroatoms. The molecule has 1 amide bonds. The normalized spacial score (nSPS) is 12.1. The van der Waals surface area contributed by atoms with Crippen LogP contribution in [0.5, 0.6) is 0 Å². The Morgan fingerprint density at radius 3 is 2.62 bits per heavy atom. The molecular formula is C14H24N4O3. The Bertz CT molecular complexity index is 465. The monoisotopic (exact) mass is 296 g/mol. The van der Waals surface area contributed by atoms with Crippen molar-refractivity contribution in [2.45, 2.75) is 40.0 Å². The van der Waals surface area contributed by atoms with E-state index in [1.165, 1.54) is 0 Å². The van der Waals surface area contributed by atoms with Crippen LogP contribution in [0, 0.1) is 19.8 Å². The highest BCUT2D eigenvalue weighted by atomic mass is 16.4. The van der Waals surface area contributed by atoms with Crippen molar-refractivity contribution < 1.29 is 14.7 Å². The van der Waals surface area contributed by atoms with Crippen LogP contribution in [-0.4, -0.2) is 40.3 Å². The number of carbonyl (C=O) groups is 2. The number of aromatic amines is 1. The van der Waals surface area contributed by atoms with Crippen molar-refractivity contribution >= 4 is 17.6 Å². The largest absolute Gasteiger partial charge is 0.481 e. The zero-order valence-electron chi connectivity index (χ0n) is 12.8. The molecule has 0 radical (unpaired) electrons. The van der Waals surface area contributed by atoms with E-state index in [4.69, 9.17) is 5.11 Å². The Balaban J connectivity index is 2.18. The minimum Gasteiger partial charge on any atom is -0.481 e. The lowest BCUT2D eigenvalue weighted by Gasteiger charge is -2.11. The van der Waals surface area contributed by atoms with Gasteiger partial charge in [0.2, 0.25) is 5.91 Å². The molecule has 1 aromatic rings. The Labute approximate surface area is 124 Å². The number of aryl methyl sites for hydroxylation is 2. The number of rotatable bonds is 9. The second-order valence-electron chi connectivity index (χ2n) is 5.36. The lowest BCUT2D eigenvalue weighted by molar-refractivity contribution is -0.137. The summed E-state index contributed by atoms with van der Waals surface area (Å²) in [6.07, 6.45) is 1.71. The number of carbonyl (C=O) groups excluding carboxylic acids is 1. The third-order valence-electron chi connectivity index (χ3n) is 3.34. The summed E-state index contributed by atoms with van der Waals surface area (Å²) in [5.41, 5.74) is 2.34. The Kier molecular flexibility index (Phi) is 6.87. The van der Waals surface area contributed by atoms with Gasteiger partial charge < -0.3 is 15.7 Å². The van der Waals surface area contributed by atoms with Crippen LogP contribution >= 0.6 is 0 Å². The van der Waals surface area contributed by atoms with Crippen LogP contribution in [0.2, 0.25) is 0 Å². The zero-order chi connectivity index (χ0) is 15.8. The molecule has 1 aromatic heterocycles. The van der Waals surface area contributed by atoms with E-state index in [-0.39, 0.29) is 18.9 Å². The van der Waals surface area contributed by atoms with Gasteiger partial charge in [0.05, 0.1) is 23.6 Å². The van der Waals surface area contributed by atoms with E-state index in [0.29, 0.717) is 18.9 Å². The summed E-state index contributed by atoms with van der Waals surface area (Å²) < 4.78 is 0. The molecule has 0 aromatic carbocycles. The van der Waals surface area contributed by atoms with Gasteiger partial charge in [-0.05, 0) is 39.2 Å². The number of hydrogen-bond donors (Lipinski definition) is 4. The number of carboxylic acid groups (broad SMARTS) is 1. The van der Waals surface area contributed by atoms with Crippen LogP contribution in [0.25, 0.3) is 0 Å². The number of amides is 1. The smallest absolute Gasteiger partial charge is 0.303 e. The van der Waals surface area contributed by atoms with Crippen molar-refractivity contribution in [1.82, 2.24) is 15.5 Å². The van der Waals surface area contributed by atoms with E-state index >= 15 is 0 Å². The van der Waals surface area contributed by atoms with Gasteiger partial charge in [-0.1, -0.05) is 6.92 Å². The summed E-state index contributed by atoms with van der Waals surface area (Å²) in [5, 5.41) is 21.3. The van der Waals surface area contributed by atoms with Crippen molar-refractivity contribution in [3.8, 4) is 0 Å². The molecular weight excluding hydrogens is 272 g/mol. The molecule has 1 heterocycles. The summed E-state index contributed by atoms with van der Waals surface area (Å²) in [5.74, 6) is -0.546. The summed E-state index contributed by atoms with van der Waals surface area (Å²) >= 11 is 0. The van der Waals surface area contributed by atoms with Crippen LogP contribution in [0.15, 0.2) is 0 Å². The molecule has 1 rings (SSSR count). The fourth-order valence-electron chi connectivity index (χ4n) is 1.98. The highest BCUT2D eigenvalue weighted by Gasteiger charge is 2.10. The highest BCUT2D eigenvalue weighted by molar-refractivity contribution is 5.93. The number of carboxylic acids is 1. The summed E-state index contributed by atoms with van der Waals surface area (Å²) in [7, 11) is 0. The zero-order valence-corrected chi connectivity index (χ0v) is 12.8. The molecule has 0 saturated carbocycles. The minimum atomic E-state index is -0.764. The Hall–Kier alpha value is -1.89. The fourth-order valence-corrected chi connectivity index (χ4v) is 1.98. The molecule has 1 unspecified atom stereocenters. The predicted octanol–water partition coefficient (Wildman–Crippen LogP) is 1.45. The lowest BCUT2D eigenvalue weighted by atomic mass is 10.0. The van der Waals surface area contributed by atoms with E-state index in [9.17, 15) is 9.59 Å². The van der Waals surface area contributed by atoms with Gasteiger partial charge in [-0.25, -0.2) is 0 Å². The molecule has 0 saturated heterocycles. The number of nitrogens with zero attached hydrogens (tertiary/aromatic N) is 1. The van der Waals surface area contributed by atoms with Crippen molar-refractivity contribution in [2.75, 3.05) is 18.4 Å². The van der Waals surface area contributed by atoms with Gasteiger partial charge in [0.15, 0.2) is 0 Å². The summed E-state index contributed by atoms with van der Waals surface area (Å²) in [4.78, 5) is 22.2. The van der Waals surface area contributed by atoms with Gasteiger partial charge in [-0.15, -0.1) is 0 Å². The van der Waals surface area contributed by atoms with E-state index in [1.54, 1.807) is 0 Å². The number of anilines is 1. The second kappa shape index (κ2) is 8.41. The van der Waals surface area contributed by atoms with E-state index in [1.807, 2.05) is 20.8 Å². The van der Waals surface area contributed by atoms with Crippen LogP contribution < -0.4 is 10.6 Å². The Morgan fingerprint density at radius 1 is 1.33 bits per heavy atom. The first-order valence-corrected chi connectivity index (χ1v) is 7.14. The molecule has 0 aliphatic rings. The van der Waals surface area contributed by atoms with E-state index in [2.05, 4.69) is 20.8 Å². The first-order valence-electron chi connectivity index (χ1n) is 7.14. The molecule has 0 aliphatic heterocycles. The van der Waals surface area contributed by atoms with Crippen LogP contribution in [0.3, 0.4) is 0 Å². The van der Waals surface area contributed by atoms with Crippen LogP contribution in [0.4, 0.5) is 5.69 Å².